The molecule has 0 saturated heterocycles. The standard InChI is InChI=1S/C7H7FO5S/c8-5-1-4(2-6(9)3-5)7(10)14(11,12)13/h1-3,7,9-10H,(H,11,12,13). The lowest BCUT2D eigenvalue weighted by atomic mass is 10.2. The molecule has 0 aliphatic rings. The van der Waals surface area contributed by atoms with Crippen molar-refractivity contribution in [2.45, 2.75) is 5.44 Å². The molecule has 3 N–H and O–H groups in total. The topological polar surface area (TPSA) is 94.8 Å². The SMILES string of the molecule is O=S(=O)(O)C(O)c1cc(O)cc(F)c1. The van der Waals surface area contributed by atoms with E-state index in [-0.39, 0.29) is 0 Å². The van der Waals surface area contributed by atoms with Gasteiger partial charge in [0.25, 0.3) is 10.1 Å². The Morgan fingerprint density at radius 1 is 1.29 bits per heavy atom. The first-order valence-electron chi connectivity index (χ1n) is 3.44. The minimum absolute atomic E-state index is 0.440. The van der Waals surface area contributed by atoms with Crippen LogP contribution in [0.1, 0.15) is 11.0 Å². The van der Waals surface area contributed by atoms with Gasteiger partial charge in [0, 0.05) is 11.6 Å². The van der Waals surface area contributed by atoms with E-state index < -0.39 is 32.7 Å². The summed E-state index contributed by atoms with van der Waals surface area (Å²) in [6.07, 6.45) is 0. The molecule has 1 atom stereocenters. The quantitative estimate of drug-likeness (QED) is 0.630. The van der Waals surface area contributed by atoms with Gasteiger partial charge in [0.2, 0.25) is 5.44 Å². The third-order valence-corrected chi connectivity index (χ3v) is 2.31. The smallest absolute Gasteiger partial charge is 0.296 e. The molecule has 0 fully saturated rings. The molecule has 0 aliphatic heterocycles. The maximum absolute atomic E-state index is 12.6. The van der Waals surface area contributed by atoms with Gasteiger partial charge in [0.05, 0.1) is 0 Å². The molecule has 0 amide bonds. The first kappa shape index (κ1) is 10.9. The van der Waals surface area contributed by atoms with Crippen LogP contribution in [0.2, 0.25) is 0 Å². The molecule has 0 saturated carbocycles. The Hall–Kier alpha value is -1.18. The minimum Gasteiger partial charge on any atom is -0.508 e. The largest absolute Gasteiger partial charge is 0.508 e. The Kier molecular flexibility index (Phi) is 2.74. The molecule has 78 valence electrons. The van der Waals surface area contributed by atoms with E-state index in [9.17, 15) is 12.8 Å². The number of aliphatic hydroxyl groups is 1. The van der Waals surface area contributed by atoms with Crippen molar-refractivity contribution in [1.29, 1.82) is 0 Å². The summed E-state index contributed by atoms with van der Waals surface area (Å²) < 4.78 is 42.0. The van der Waals surface area contributed by atoms with Crippen molar-refractivity contribution in [1.82, 2.24) is 0 Å². The number of halogens is 1. The maximum Gasteiger partial charge on any atom is 0.296 e. The molecule has 1 aromatic carbocycles. The normalized spacial score (nSPS) is 13.9. The van der Waals surface area contributed by atoms with Crippen molar-refractivity contribution in [3.8, 4) is 5.75 Å². The lowest BCUT2D eigenvalue weighted by Gasteiger charge is -2.07. The number of rotatable bonds is 2. The Bertz CT molecular complexity index is 421. The molecule has 7 heteroatoms. The van der Waals surface area contributed by atoms with Crippen LogP contribution in [0.25, 0.3) is 0 Å². The highest BCUT2D eigenvalue weighted by molar-refractivity contribution is 7.85. The van der Waals surface area contributed by atoms with Crippen LogP contribution in [0.3, 0.4) is 0 Å². The molecule has 5 nitrogen and oxygen atoms in total. The summed E-state index contributed by atoms with van der Waals surface area (Å²) in [6, 6.07) is 2.26. The molecule has 1 unspecified atom stereocenters. The van der Waals surface area contributed by atoms with Gasteiger partial charge in [0.15, 0.2) is 0 Å². The fourth-order valence-corrected chi connectivity index (χ4v) is 1.39. The summed E-state index contributed by atoms with van der Waals surface area (Å²) in [4.78, 5) is 0. The molecule has 0 bridgehead atoms. The monoisotopic (exact) mass is 222 g/mol. The number of phenols is 1. The van der Waals surface area contributed by atoms with E-state index in [1.807, 2.05) is 0 Å². The van der Waals surface area contributed by atoms with Crippen molar-refractivity contribution in [3.05, 3.63) is 29.6 Å². The number of benzene rings is 1. The second kappa shape index (κ2) is 3.52. The van der Waals surface area contributed by atoms with E-state index in [1.54, 1.807) is 0 Å². The van der Waals surface area contributed by atoms with E-state index in [4.69, 9.17) is 14.8 Å². The van der Waals surface area contributed by atoms with Gasteiger partial charge in [-0.25, -0.2) is 4.39 Å². The van der Waals surface area contributed by atoms with Crippen molar-refractivity contribution in [2.75, 3.05) is 0 Å². The second-order valence-electron chi connectivity index (χ2n) is 2.61. The highest BCUT2D eigenvalue weighted by Gasteiger charge is 2.22. The first-order chi connectivity index (χ1) is 6.30. The first-order valence-corrected chi connectivity index (χ1v) is 4.95. The Labute approximate surface area is 79.2 Å². The van der Waals surface area contributed by atoms with E-state index >= 15 is 0 Å². The molecule has 0 aliphatic carbocycles. The average Bonchev–Trinajstić information content (AvgIpc) is 1.99. The van der Waals surface area contributed by atoms with Crippen LogP contribution < -0.4 is 0 Å². The summed E-state index contributed by atoms with van der Waals surface area (Å²) >= 11 is 0. The summed E-state index contributed by atoms with van der Waals surface area (Å²) in [5.41, 5.74) is -2.70. The molecule has 0 aromatic heterocycles. The Morgan fingerprint density at radius 3 is 2.29 bits per heavy atom. The van der Waals surface area contributed by atoms with Gasteiger partial charge in [-0.2, -0.15) is 8.42 Å². The molecule has 0 heterocycles. The molecular weight excluding hydrogens is 215 g/mol. The summed E-state index contributed by atoms with van der Waals surface area (Å²) in [5.74, 6) is -1.45. The fourth-order valence-electron chi connectivity index (χ4n) is 0.911. The van der Waals surface area contributed by atoms with Crippen molar-refractivity contribution >= 4 is 10.1 Å². The van der Waals surface area contributed by atoms with Gasteiger partial charge in [-0.15, -0.1) is 0 Å². The average molecular weight is 222 g/mol. The van der Waals surface area contributed by atoms with E-state index in [1.165, 1.54) is 0 Å². The predicted octanol–water partition coefficient (Wildman–Crippen LogP) is 0.410. The fraction of sp³-hybridized carbons (Fsp3) is 0.143. The van der Waals surface area contributed by atoms with Gasteiger partial charge in [0.1, 0.15) is 11.6 Å². The number of hydrogen-bond donors (Lipinski definition) is 3. The van der Waals surface area contributed by atoms with Gasteiger partial charge >= 0.3 is 0 Å². The summed E-state index contributed by atoms with van der Waals surface area (Å²) in [7, 11) is -4.71. The Morgan fingerprint density at radius 2 is 1.86 bits per heavy atom. The third-order valence-electron chi connectivity index (χ3n) is 1.47. The van der Waals surface area contributed by atoms with E-state index in [0.29, 0.717) is 6.07 Å². The zero-order chi connectivity index (χ0) is 10.9. The number of aromatic hydroxyl groups is 1. The van der Waals surface area contributed by atoms with E-state index in [0.717, 1.165) is 12.1 Å². The molecule has 14 heavy (non-hydrogen) atoms. The zero-order valence-electron chi connectivity index (χ0n) is 6.75. The van der Waals surface area contributed by atoms with Crippen LogP contribution in [0.5, 0.6) is 5.75 Å². The molecule has 0 spiro atoms. The number of aliphatic hydroxyl groups excluding tert-OH is 1. The maximum atomic E-state index is 12.6. The van der Waals surface area contributed by atoms with Crippen LogP contribution in [-0.2, 0) is 10.1 Å². The van der Waals surface area contributed by atoms with Gasteiger partial charge in [-0.1, -0.05) is 0 Å². The van der Waals surface area contributed by atoms with Crippen LogP contribution >= 0.6 is 0 Å². The number of hydrogen-bond acceptors (Lipinski definition) is 4. The predicted molar refractivity (Wildman–Crippen MR) is 44.6 cm³/mol. The van der Waals surface area contributed by atoms with Gasteiger partial charge in [-0.05, 0) is 12.1 Å². The molecule has 1 aromatic rings. The van der Waals surface area contributed by atoms with Crippen LogP contribution in [0.15, 0.2) is 18.2 Å². The highest BCUT2D eigenvalue weighted by atomic mass is 32.2. The third kappa shape index (κ3) is 2.41. The lowest BCUT2D eigenvalue weighted by Crippen LogP contribution is -2.11. The minimum atomic E-state index is -4.71. The van der Waals surface area contributed by atoms with Crippen molar-refractivity contribution < 1.29 is 27.6 Å². The second-order valence-corrected chi connectivity index (χ2v) is 4.09. The molecular formula is C7H7FO5S. The van der Waals surface area contributed by atoms with Crippen molar-refractivity contribution in [2.24, 2.45) is 0 Å². The van der Waals surface area contributed by atoms with Gasteiger partial charge < -0.3 is 10.2 Å². The van der Waals surface area contributed by atoms with E-state index in [2.05, 4.69) is 0 Å². The van der Waals surface area contributed by atoms with Crippen LogP contribution in [0.4, 0.5) is 4.39 Å². The lowest BCUT2D eigenvalue weighted by molar-refractivity contribution is 0.237. The zero-order valence-corrected chi connectivity index (χ0v) is 7.57. The van der Waals surface area contributed by atoms with Crippen LogP contribution in [-0.4, -0.2) is 23.2 Å². The molecule has 0 radical (unpaired) electrons. The van der Waals surface area contributed by atoms with Crippen LogP contribution in [0, 0.1) is 5.82 Å². The molecule has 1 rings (SSSR count). The number of phenolic OH excluding ortho intramolecular Hbond substituents is 1. The summed E-state index contributed by atoms with van der Waals surface area (Å²) in [5, 5.41) is 17.9. The van der Waals surface area contributed by atoms with Crippen molar-refractivity contribution in [3.63, 3.8) is 0 Å². The van der Waals surface area contributed by atoms with Gasteiger partial charge in [-0.3, -0.25) is 4.55 Å². The highest BCUT2D eigenvalue weighted by Crippen LogP contribution is 2.23. The Balaban J connectivity index is 3.20. The summed E-state index contributed by atoms with van der Waals surface area (Å²) in [6.45, 7) is 0.